The van der Waals surface area contributed by atoms with Gasteiger partial charge in [-0.05, 0) is 41.1 Å². The Labute approximate surface area is 183 Å². The van der Waals surface area contributed by atoms with Gasteiger partial charge in [-0.1, -0.05) is 5.10 Å². The highest BCUT2D eigenvalue weighted by Crippen LogP contribution is 2.42. The maximum atomic E-state index is 12.6. The van der Waals surface area contributed by atoms with Gasteiger partial charge < -0.3 is 18.6 Å². The number of aromatic nitrogens is 3. The fourth-order valence-corrected chi connectivity index (χ4v) is 3.90. The van der Waals surface area contributed by atoms with Crippen LogP contribution in [0.3, 0.4) is 0 Å². The zero-order chi connectivity index (χ0) is 22.4. The van der Waals surface area contributed by atoms with E-state index >= 15 is 0 Å². The minimum Gasteiger partial charge on any atom is -0.493 e. The Balaban J connectivity index is 1.67. The van der Waals surface area contributed by atoms with Gasteiger partial charge in [-0.15, -0.1) is 5.10 Å². The highest BCUT2D eigenvalue weighted by Gasteiger charge is 2.28. The number of carbonyl (C=O) groups excluding carboxylic acids is 1. The number of hydrogen-bond acceptors (Lipinski definition) is 9. The zero-order valence-corrected chi connectivity index (χ0v) is 18.0. The number of benzene rings is 2. The van der Waals surface area contributed by atoms with Gasteiger partial charge in [0.1, 0.15) is 12.4 Å². The molecule has 1 aliphatic heterocycles. The van der Waals surface area contributed by atoms with Crippen LogP contribution in [0.15, 0.2) is 40.9 Å². The van der Waals surface area contributed by atoms with Crippen molar-refractivity contribution in [2.45, 2.75) is 13.5 Å². The van der Waals surface area contributed by atoms with Crippen LogP contribution < -0.4 is 14.4 Å². The summed E-state index contributed by atoms with van der Waals surface area (Å²) >= 11 is 0. The largest absolute Gasteiger partial charge is 0.493 e. The van der Waals surface area contributed by atoms with Gasteiger partial charge in [0.05, 0.1) is 19.8 Å². The van der Waals surface area contributed by atoms with Crippen LogP contribution in [-0.4, -0.2) is 42.4 Å². The smallest absolute Gasteiger partial charge is 0.339 e. The molecule has 0 unspecified atom stereocenters. The molecular formula is C23H20N4O5. The fraction of sp³-hybridized carbons (Fsp3) is 0.217. The molecule has 0 aliphatic carbocycles. The zero-order valence-electron chi connectivity index (χ0n) is 18.0. The van der Waals surface area contributed by atoms with Gasteiger partial charge in [-0.3, -0.25) is 4.90 Å². The molecule has 3 heterocycles. The van der Waals surface area contributed by atoms with Gasteiger partial charge in [0.2, 0.25) is 5.89 Å². The molecule has 9 heteroatoms. The van der Waals surface area contributed by atoms with E-state index in [2.05, 4.69) is 15.2 Å². The summed E-state index contributed by atoms with van der Waals surface area (Å²) < 4.78 is 21.8. The molecular weight excluding hydrogens is 412 g/mol. The first kappa shape index (κ1) is 19.8. The van der Waals surface area contributed by atoms with Crippen molar-refractivity contribution in [2.24, 2.45) is 0 Å². The lowest BCUT2D eigenvalue weighted by molar-refractivity contribution is 0.0535. The number of aryl methyl sites for hydroxylation is 1. The lowest BCUT2D eigenvalue weighted by Crippen LogP contribution is -2.11. The Morgan fingerprint density at radius 3 is 2.47 bits per heavy atom. The predicted molar refractivity (Wildman–Crippen MR) is 117 cm³/mol. The lowest BCUT2D eigenvalue weighted by Gasteiger charge is -2.16. The Bertz CT molecular complexity index is 1350. The van der Waals surface area contributed by atoms with Crippen LogP contribution in [0.25, 0.3) is 21.9 Å². The molecule has 0 spiro atoms. The second-order valence-electron chi connectivity index (χ2n) is 7.36. The van der Waals surface area contributed by atoms with Gasteiger partial charge in [0.25, 0.3) is 0 Å². The van der Waals surface area contributed by atoms with E-state index in [4.69, 9.17) is 18.6 Å². The van der Waals surface area contributed by atoms with E-state index in [1.807, 2.05) is 30.3 Å². The molecule has 0 N–H and O–H groups in total. The summed E-state index contributed by atoms with van der Waals surface area (Å²) in [7, 11) is 4.96. The second-order valence-corrected chi connectivity index (χ2v) is 7.36. The van der Waals surface area contributed by atoms with E-state index < -0.39 is 0 Å². The van der Waals surface area contributed by atoms with Crippen LogP contribution in [0, 0.1) is 6.92 Å². The topological polar surface area (TPSA) is 99.8 Å². The number of ether oxygens (including phenoxy) is 3. The van der Waals surface area contributed by atoms with Gasteiger partial charge in [0, 0.05) is 36.9 Å². The Hall–Kier alpha value is -4.14. The summed E-state index contributed by atoms with van der Waals surface area (Å²) in [5.74, 6) is 1.92. The standard InChI is InChI=1S/C23H20N4O5/c1-12-25-26-23(32-12)27(2)19-6-5-13(10-24-19)20-16-9-18(30-4)17(29-3)8-14(16)7-15-11-31-22(28)21(15)20/h5-10H,11H2,1-4H3. The van der Waals surface area contributed by atoms with E-state index in [1.54, 1.807) is 39.3 Å². The minimum atomic E-state index is -0.353. The lowest BCUT2D eigenvalue weighted by atomic mass is 9.91. The molecule has 0 fully saturated rings. The van der Waals surface area contributed by atoms with Crippen molar-refractivity contribution in [3.05, 3.63) is 53.5 Å². The van der Waals surface area contributed by atoms with Crippen molar-refractivity contribution in [1.29, 1.82) is 0 Å². The Morgan fingerprint density at radius 2 is 1.81 bits per heavy atom. The molecule has 0 atom stereocenters. The van der Waals surface area contributed by atoms with Crippen LogP contribution in [0.4, 0.5) is 11.8 Å². The average molecular weight is 432 g/mol. The maximum Gasteiger partial charge on any atom is 0.339 e. The summed E-state index contributed by atoms with van der Waals surface area (Å²) in [6.45, 7) is 1.96. The van der Waals surface area contributed by atoms with Gasteiger partial charge >= 0.3 is 12.0 Å². The minimum absolute atomic E-state index is 0.232. The Morgan fingerprint density at radius 1 is 1.03 bits per heavy atom. The summed E-state index contributed by atoms with van der Waals surface area (Å²) in [6.07, 6.45) is 1.71. The van der Waals surface area contributed by atoms with E-state index in [0.717, 1.165) is 27.5 Å². The number of rotatable bonds is 5. The molecule has 1 aliphatic rings. The third-order valence-corrected chi connectivity index (χ3v) is 5.47. The van der Waals surface area contributed by atoms with Gasteiger partial charge in [0.15, 0.2) is 11.5 Å². The van der Waals surface area contributed by atoms with Crippen LogP contribution >= 0.6 is 0 Å². The number of esters is 1. The molecule has 0 radical (unpaired) electrons. The normalized spacial score (nSPS) is 12.6. The molecule has 2 aromatic carbocycles. The summed E-state index contributed by atoms with van der Waals surface area (Å²) in [5.41, 5.74) is 2.89. The predicted octanol–water partition coefficient (Wildman–Crippen LogP) is 4.05. The number of methoxy groups -OCH3 is 2. The van der Waals surface area contributed by atoms with E-state index in [0.29, 0.717) is 34.8 Å². The summed E-state index contributed by atoms with van der Waals surface area (Å²) in [5, 5.41) is 9.63. The van der Waals surface area contributed by atoms with Crippen molar-refractivity contribution in [3.8, 4) is 22.6 Å². The molecule has 5 rings (SSSR count). The third-order valence-electron chi connectivity index (χ3n) is 5.47. The first-order chi connectivity index (χ1) is 15.5. The third kappa shape index (κ3) is 3.09. The van der Waals surface area contributed by atoms with Crippen molar-refractivity contribution < 1.29 is 23.4 Å². The summed E-state index contributed by atoms with van der Waals surface area (Å²) in [4.78, 5) is 18.9. The molecule has 9 nitrogen and oxygen atoms in total. The SMILES string of the molecule is COc1cc2cc3c(c(-c4ccc(N(C)c5nnc(C)o5)nc4)c2cc1OC)C(=O)OC3. The fourth-order valence-electron chi connectivity index (χ4n) is 3.90. The van der Waals surface area contributed by atoms with E-state index in [1.165, 1.54) is 0 Å². The number of cyclic esters (lactones) is 1. The van der Waals surface area contributed by atoms with Gasteiger partial charge in [-0.25, -0.2) is 9.78 Å². The first-order valence-electron chi connectivity index (χ1n) is 9.89. The van der Waals surface area contributed by atoms with E-state index in [9.17, 15) is 4.79 Å². The quantitative estimate of drug-likeness (QED) is 0.432. The maximum absolute atomic E-state index is 12.6. The first-order valence-corrected chi connectivity index (χ1v) is 9.89. The molecule has 4 aromatic rings. The number of nitrogens with zero attached hydrogens (tertiary/aromatic N) is 4. The van der Waals surface area contributed by atoms with E-state index in [-0.39, 0.29) is 12.6 Å². The van der Waals surface area contributed by atoms with Crippen molar-refractivity contribution in [2.75, 3.05) is 26.2 Å². The number of anilines is 2. The Kier molecular flexibility index (Phi) is 4.66. The highest BCUT2D eigenvalue weighted by molar-refractivity contribution is 6.11. The van der Waals surface area contributed by atoms with Crippen molar-refractivity contribution in [3.63, 3.8) is 0 Å². The van der Waals surface area contributed by atoms with Crippen molar-refractivity contribution >= 4 is 28.6 Å². The van der Waals surface area contributed by atoms with Crippen LogP contribution in [-0.2, 0) is 11.3 Å². The van der Waals surface area contributed by atoms with Gasteiger partial charge in [-0.2, -0.15) is 0 Å². The molecule has 0 saturated heterocycles. The number of pyridine rings is 1. The van der Waals surface area contributed by atoms with Crippen LogP contribution in [0.2, 0.25) is 0 Å². The molecule has 2 aromatic heterocycles. The second kappa shape index (κ2) is 7.52. The van der Waals surface area contributed by atoms with Crippen molar-refractivity contribution in [1.82, 2.24) is 15.2 Å². The highest BCUT2D eigenvalue weighted by atomic mass is 16.5. The number of fused-ring (bicyclic) bond motifs is 2. The molecule has 0 amide bonds. The summed E-state index contributed by atoms with van der Waals surface area (Å²) in [6, 6.07) is 9.80. The molecule has 162 valence electrons. The molecule has 32 heavy (non-hydrogen) atoms. The number of hydrogen-bond donors (Lipinski definition) is 0. The molecule has 0 saturated carbocycles. The van der Waals surface area contributed by atoms with Crippen LogP contribution in [0.1, 0.15) is 21.8 Å². The van der Waals surface area contributed by atoms with Crippen LogP contribution in [0.5, 0.6) is 11.5 Å². The number of carbonyl (C=O) groups is 1. The average Bonchev–Trinajstić information content (AvgIpc) is 3.41. The monoisotopic (exact) mass is 432 g/mol. The molecule has 0 bridgehead atoms.